The maximum atomic E-state index is 11.3. The van der Waals surface area contributed by atoms with Gasteiger partial charge in [0.15, 0.2) is 17.9 Å². The van der Waals surface area contributed by atoms with Gasteiger partial charge in [-0.2, -0.15) is 5.10 Å². The van der Waals surface area contributed by atoms with Crippen molar-refractivity contribution in [3.63, 3.8) is 0 Å². The fourth-order valence-electron chi connectivity index (χ4n) is 2.02. The highest BCUT2D eigenvalue weighted by Gasteiger charge is 2.12. The van der Waals surface area contributed by atoms with Gasteiger partial charge in [0.25, 0.3) is 0 Å². The molecule has 0 aliphatic carbocycles. The van der Waals surface area contributed by atoms with Gasteiger partial charge in [0.1, 0.15) is 0 Å². The Morgan fingerprint density at radius 1 is 1.09 bits per heavy atom. The van der Waals surface area contributed by atoms with E-state index in [1.54, 1.807) is 42.6 Å². The number of anilines is 1. The number of oxazole rings is 1. The number of hydrazone groups is 1. The summed E-state index contributed by atoms with van der Waals surface area (Å²) in [6.45, 7) is 0. The number of carboxylic acid groups (broad SMARTS) is 1. The first-order valence-electron chi connectivity index (χ1n) is 6.85. The SMILES string of the molecule is O=C(O)/C(=N\Nc1ccc(-c2cnco2)cc1)c1ccccc1. The number of hydrogen-bond acceptors (Lipinski definition) is 5. The highest BCUT2D eigenvalue weighted by atomic mass is 16.4. The molecule has 0 aliphatic rings. The van der Waals surface area contributed by atoms with E-state index in [-0.39, 0.29) is 5.71 Å². The predicted molar refractivity (Wildman–Crippen MR) is 86.2 cm³/mol. The van der Waals surface area contributed by atoms with Crippen molar-refractivity contribution in [2.75, 3.05) is 5.43 Å². The van der Waals surface area contributed by atoms with E-state index in [4.69, 9.17) is 4.42 Å². The zero-order valence-electron chi connectivity index (χ0n) is 12.0. The minimum absolute atomic E-state index is 0.0510. The van der Waals surface area contributed by atoms with Crippen LogP contribution in [0.3, 0.4) is 0 Å². The van der Waals surface area contributed by atoms with E-state index in [0.29, 0.717) is 17.0 Å². The molecular formula is C17H13N3O3. The van der Waals surface area contributed by atoms with Crippen LogP contribution in [0.4, 0.5) is 5.69 Å². The molecule has 0 spiro atoms. The van der Waals surface area contributed by atoms with Gasteiger partial charge in [-0.1, -0.05) is 30.3 Å². The largest absolute Gasteiger partial charge is 0.476 e. The summed E-state index contributed by atoms with van der Waals surface area (Å²) in [6, 6.07) is 16.0. The highest BCUT2D eigenvalue weighted by Crippen LogP contribution is 2.20. The number of nitrogens with one attached hydrogen (secondary N) is 1. The third-order valence-electron chi connectivity index (χ3n) is 3.15. The lowest BCUT2D eigenvalue weighted by Crippen LogP contribution is -2.16. The molecule has 6 nitrogen and oxygen atoms in total. The molecule has 1 heterocycles. The van der Waals surface area contributed by atoms with Crippen molar-refractivity contribution >= 4 is 17.4 Å². The number of carboxylic acids is 1. The van der Waals surface area contributed by atoms with Gasteiger partial charge in [0.2, 0.25) is 0 Å². The van der Waals surface area contributed by atoms with Crippen LogP contribution < -0.4 is 5.43 Å². The molecule has 23 heavy (non-hydrogen) atoms. The zero-order chi connectivity index (χ0) is 16.1. The summed E-state index contributed by atoms with van der Waals surface area (Å²) in [5, 5.41) is 13.3. The predicted octanol–water partition coefficient (Wildman–Crippen LogP) is 3.24. The second-order valence-electron chi connectivity index (χ2n) is 4.69. The molecule has 0 unspecified atom stereocenters. The number of aromatic nitrogens is 1. The fraction of sp³-hybridized carbons (Fsp3) is 0. The van der Waals surface area contributed by atoms with Crippen LogP contribution in [0, 0.1) is 0 Å². The van der Waals surface area contributed by atoms with Crippen molar-refractivity contribution < 1.29 is 14.3 Å². The summed E-state index contributed by atoms with van der Waals surface area (Å²) >= 11 is 0. The van der Waals surface area contributed by atoms with Crippen LogP contribution in [-0.4, -0.2) is 21.8 Å². The van der Waals surface area contributed by atoms with Gasteiger partial charge in [-0.3, -0.25) is 5.43 Å². The van der Waals surface area contributed by atoms with E-state index in [9.17, 15) is 9.90 Å². The van der Waals surface area contributed by atoms with Gasteiger partial charge in [0.05, 0.1) is 11.9 Å². The van der Waals surface area contributed by atoms with Crippen LogP contribution in [-0.2, 0) is 4.79 Å². The van der Waals surface area contributed by atoms with Crippen LogP contribution in [0.15, 0.2) is 76.7 Å². The van der Waals surface area contributed by atoms with Gasteiger partial charge in [-0.25, -0.2) is 9.78 Å². The quantitative estimate of drug-likeness (QED) is 0.558. The molecule has 6 heteroatoms. The Morgan fingerprint density at radius 3 is 2.43 bits per heavy atom. The van der Waals surface area contributed by atoms with Crippen LogP contribution in [0.1, 0.15) is 5.56 Å². The average Bonchev–Trinajstić information content (AvgIpc) is 3.11. The standard InChI is InChI=1S/C17H13N3O3/c21-17(22)16(13-4-2-1-3-5-13)20-19-14-8-6-12(7-9-14)15-10-18-11-23-15/h1-11,19H,(H,21,22)/b20-16-. The summed E-state index contributed by atoms with van der Waals surface area (Å²) in [6.07, 6.45) is 2.99. The first-order chi connectivity index (χ1) is 11.2. The summed E-state index contributed by atoms with van der Waals surface area (Å²) in [7, 11) is 0. The van der Waals surface area contributed by atoms with Gasteiger partial charge < -0.3 is 9.52 Å². The number of benzene rings is 2. The van der Waals surface area contributed by atoms with Crippen LogP contribution >= 0.6 is 0 Å². The highest BCUT2D eigenvalue weighted by molar-refractivity contribution is 6.42. The van der Waals surface area contributed by atoms with E-state index in [2.05, 4.69) is 15.5 Å². The lowest BCUT2D eigenvalue weighted by Gasteiger charge is -2.05. The molecule has 0 aliphatic heterocycles. The van der Waals surface area contributed by atoms with Crippen LogP contribution in [0.2, 0.25) is 0 Å². The molecule has 0 bridgehead atoms. The summed E-state index contributed by atoms with van der Waals surface area (Å²) in [5.74, 6) is -0.433. The van der Waals surface area contributed by atoms with Gasteiger partial charge in [0, 0.05) is 11.1 Å². The van der Waals surface area contributed by atoms with E-state index in [0.717, 1.165) is 5.56 Å². The van der Waals surface area contributed by atoms with Crippen molar-refractivity contribution in [1.29, 1.82) is 0 Å². The summed E-state index contributed by atoms with van der Waals surface area (Å²) in [5.41, 5.74) is 4.78. The molecule has 3 rings (SSSR count). The molecular weight excluding hydrogens is 294 g/mol. The lowest BCUT2D eigenvalue weighted by molar-refractivity contribution is -0.129. The van der Waals surface area contributed by atoms with Crippen molar-refractivity contribution in [2.45, 2.75) is 0 Å². The first-order valence-corrected chi connectivity index (χ1v) is 6.85. The molecule has 3 aromatic rings. The third kappa shape index (κ3) is 3.44. The van der Waals surface area contributed by atoms with Gasteiger partial charge >= 0.3 is 5.97 Å². The number of hydrogen-bond donors (Lipinski definition) is 2. The molecule has 0 amide bonds. The second kappa shape index (κ2) is 6.57. The summed E-state index contributed by atoms with van der Waals surface area (Å²) < 4.78 is 5.21. The van der Waals surface area contributed by atoms with E-state index in [1.165, 1.54) is 6.39 Å². The fourth-order valence-corrected chi connectivity index (χ4v) is 2.02. The Bertz CT molecular complexity index is 810. The molecule has 114 valence electrons. The molecule has 1 aromatic heterocycles. The topological polar surface area (TPSA) is 87.7 Å². The molecule has 2 aromatic carbocycles. The van der Waals surface area contributed by atoms with E-state index < -0.39 is 5.97 Å². The van der Waals surface area contributed by atoms with E-state index in [1.807, 2.05) is 18.2 Å². The van der Waals surface area contributed by atoms with Crippen molar-refractivity contribution in [2.24, 2.45) is 5.10 Å². The van der Waals surface area contributed by atoms with Crippen molar-refractivity contribution in [3.8, 4) is 11.3 Å². The van der Waals surface area contributed by atoms with Gasteiger partial charge in [-0.15, -0.1) is 0 Å². The zero-order valence-corrected chi connectivity index (χ0v) is 12.0. The second-order valence-corrected chi connectivity index (χ2v) is 4.69. The number of aliphatic carboxylic acids is 1. The minimum atomic E-state index is -1.10. The maximum absolute atomic E-state index is 11.3. The van der Waals surface area contributed by atoms with Crippen molar-refractivity contribution in [1.82, 2.24) is 4.98 Å². The Morgan fingerprint density at radius 2 is 1.83 bits per heavy atom. The van der Waals surface area contributed by atoms with Crippen LogP contribution in [0.25, 0.3) is 11.3 Å². The lowest BCUT2D eigenvalue weighted by atomic mass is 10.1. The van der Waals surface area contributed by atoms with Gasteiger partial charge in [-0.05, 0) is 24.3 Å². The Hall–Kier alpha value is -3.41. The molecule has 0 atom stereocenters. The smallest absolute Gasteiger partial charge is 0.356 e. The molecule has 2 N–H and O–H groups in total. The average molecular weight is 307 g/mol. The number of rotatable bonds is 5. The normalized spacial score (nSPS) is 11.2. The molecule has 0 saturated carbocycles. The first kappa shape index (κ1) is 14.5. The molecule has 0 saturated heterocycles. The number of carbonyl (C=O) groups is 1. The Labute approximate surface area is 132 Å². The third-order valence-corrected chi connectivity index (χ3v) is 3.15. The maximum Gasteiger partial charge on any atom is 0.356 e. The monoisotopic (exact) mass is 307 g/mol. The van der Waals surface area contributed by atoms with E-state index >= 15 is 0 Å². The van der Waals surface area contributed by atoms with Crippen molar-refractivity contribution in [3.05, 3.63) is 72.8 Å². The van der Waals surface area contributed by atoms with Crippen LogP contribution in [0.5, 0.6) is 0 Å². The molecule has 0 radical (unpaired) electrons. The Kier molecular flexibility index (Phi) is 4.15. The minimum Gasteiger partial charge on any atom is -0.476 e. The number of nitrogens with zero attached hydrogens (tertiary/aromatic N) is 2. The molecule has 0 fully saturated rings. The summed E-state index contributed by atoms with van der Waals surface area (Å²) in [4.78, 5) is 15.2. The Balaban J connectivity index is 1.79.